The van der Waals surface area contributed by atoms with Crippen molar-refractivity contribution in [3.8, 4) is 5.75 Å². The van der Waals surface area contributed by atoms with Gasteiger partial charge in [0.15, 0.2) is 6.61 Å². The third kappa shape index (κ3) is 6.54. The largest absolute Gasteiger partial charge is 0.492 e. The van der Waals surface area contributed by atoms with Gasteiger partial charge >= 0.3 is 5.97 Å². The van der Waals surface area contributed by atoms with Crippen molar-refractivity contribution in [3.63, 3.8) is 0 Å². The van der Waals surface area contributed by atoms with Crippen LogP contribution in [0.5, 0.6) is 5.75 Å². The summed E-state index contributed by atoms with van der Waals surface area (Å²) in [5.74, 6) is -1.27. The zero-order chi connectivity index (χ0) is 18.9. The highest BCUT2D eigenvalue weighted by molar-refractivity contribution is 6.35. The van der Waals surface area contributed by atoms with Gasteiger partial charge in [0.25, 0.3) is 5.91 Å². The maximum Gasteiger partial charge on any atom is 0.306 e. The van der Waals surface area contributed by atoms with Crippen LogP contribution >= 0.6 is 23.2 Å². The van der Waals surface area contributed by atoms with Gasteiger partial charge < -0.3 is 14.8 Å². The van der Waals surface area contributed by atoms with Gasteiger partial charge in [0.2, 0.25) is 0 Å². The van der Waals surface area contributed by atoms with Gasteiger partial charge in [-0.05, 0) is 36.8 Å². The second-order valence-electron chi connectivity index (χ2n) is 5.22. The van der Waals surface area contributed by atoms with E-state index in [2.05, 4.69) is 5.32 Å². The number of para-hydroxylation sites is 1. The van der Waals surface area contributed by atoms with E-state index in [1.54, 1.807) is 24.3 Å². The molecule has 0 aliphatic rings. The SMILES string of the molecule is O=C(COC(=O)CCCOc1ccc(Cl)cc1Cl)Nc1ccccc1F. The zero-order valence-corrected chi connectivity index (χ0v) is 15.1. The van der Waals surface area contributed by atoms with Crippen molar-refractivity contribution in [3.05, 3.63) is 58.3 Å². The van der Waals surface area contributed by atoms with Crippen molar-refractivity contribution < 1.29 is 23.5 Å². The summed E-state index contributed by atoms with van der Waals surface area (Å²) in [7, 11) is 0. The Morgan fingerprint density at radius 1 is 1.12 bits per heavy atom. The smallest absolute Gasteiger partial charge is 0.306 e. The fourth-order valence-electron chi connectivity index (χ4n) is 1.96. The molecule has 0 saturated heterocycles. The molecular weight excluding hydrogens is 384 g/mol. The number of hydrogen-bond acceptors (Lipinski definition) is 4. The van der Waals surface area contributed by atoms with Crippen LogP contribution in [0, 0.1) is 5.82 Å². The lowest BCUT2D eigenvalue weighted by Gasteiger charge is -2.09. The summed E-state index contributed by atoms with van der Waals surface area (Å²) in [5, 5.41) is 3.20. The quantitative estimate of drug-likeness (QED) is 0.525. The first-order valence-corrected chi connectivity index (χ1v) is 8.49. The van der Waals surface area contributed by atoms with Gasteiger partial charge in [-0.3, -0.25) is 9.59 Å². The van der Waals surface area contributed by atoms with Crippen LogP contribution in [0.1, 0.15) is 12.8 Å². The van der Waals surface area contributed by atoms with E-state index in [1.807, 2.05) is 0 Å². The standard InChI is InChI=1S/C18H16Cl2FNO4/c19-12-7-8-16(13(20)10-12)25-9-3-6-18(24)26-11-17(23)22-15-5-2-1-4-14(15)21/h1-2,4-5,7-8,10H,3,6,9,11H2,(H,22,23). The average Bonchev–Trinajstić information content (AvgIpc) is 2.60. The molecule has 0 bridgehead atoms. The molecule has 0 radical (unpaired) electrons. The lowest BCUT2D eigenvalue weighted by Crippen LogP contribution is -2.21. The molecule has 5 nitrogen and oxygen atoms in total. The summed E-state index contributed by atoms with van der Waals surface area (Å²) in [5.41, 5.74) is 0.0294. The summed E-state index contributed by atoms with van der Waals surface area (Å²) >= 11 is 11.7. The number of ether oxygens (including phenoxy) is 2. The number of esters is 1. The Hall–Kier alpha value is -2.31. The molecule has 2 aromatic carbocycles. The number of carbonyl (C=O) groups excluding carboxylic acids is 2. The van der Waals surface area contributed by atoms with Crippen molar-refractivity contribution in [2.75, 3.05) is 18.5 Å². The average molecular weight is 400 g/mol. The molecule has 138 valence electrons. The molecule has 0 aliphatic heterocycles. The second-order valence-corrected chi connectivity index (χ2v) is 6.06. The molecule has 2 rings (SSSR count). The van der Waals surface area contributed by atoms with Crippen molar-refractivity contribution in [2.24, 2.45) is 0 Å². The fourth-order valence-corrected chi connectivity index (χ4v) is 2.42. The Kier molecular flexibility index (Phi) is 7.69. The summed E-state index contributed by atoms with van der Waals surface area (Å²) in [6.07, 6.45) is 0.449. The number of benzene rings is 2. The summed E-state index contributed by atoms with van der Waals surface area (Å²) in [6, 6.07) is 10.5. The Morgan fingerprint density at radius 3 is 2.62 bits per heavy atom. The molecule has 0 atom stereocenters. The number of rotatable bonds is 8. The van der Waals surface area contributed by atoms with E-state index in [1.165, 1.54) is 18.2 Å². The lowest BCUT2D eigenvalue weighted by atomic mass is 10.3. The molecule has 0 aliphatic carbocycles. The van der Waals surface area contributed by atoms with Crippen LogP contribution in [0.3, 0.4) is 0 Å². The highest BCUT2D eigenvalue weighted by Crippen LogP contribution is 2.27. The number of carbonyl (C=O) groups is 2. The normalized spacial score (nSPS) is 10.3. The number of halogens is 3. The topological polar surface area (TPSA) is 64.6 Å². The Morgan fingerprint density at radius 2 is 1.88 bits per heavy atom. The van der Waals surface area contributed by atoms with Crippen LogP contribution in [-0.2, 0) is 14.3 Å². The maximum absolute atomic E-state index is 13.4. The van der Waals surface area contributed by atoms with Gasteiger partial charge in [0, 0.05) is 11.4 Å². The van der Waals surface area contributed by atoms with Crippen LogP contribution in [0.25, 0.3) is 0 Å². The Balaban J connectivity index is 1.64. The van der Waals surface area contributed by atoms with Gasteiger partial charge in [0.05, 0.1) is 17.3 Å². The third-order valence-electron chi connectivity index (χ3n) is 3.19. The summed E-state index contributed by atoms with van der Waals surface area (Å²) in [6.45, 7) is -0.241. The highest BCUT2D eigenvalue weighted by atomic mass is 35.5. The monoisotopic (exact) mass is 399 g/mol. The predicted octanol–water partition coefficient (Wildman–Crippen LogP) is 4.47. The van der Waals surface area contributed by atoms with Gasteiger partial charge in [-0.1, -0.05) is 35.3 Å². The van der Waals surface area contributed by atoms with Crippen molar-refractivity contribution in [2.45, 2.75) is 12.8 Å². The molecule has 2 aromatic rings. The predicted molar refractivity (Wildman–Crippen MR) is 97.2 cm³/mol. The summed E-state index contributed by atoms with van der Waals surface area (Å²) < 4.78 is 23.7. The first-order valence-electron chi connectivity index (χ1n) is 7.73. The van der Waals surface area contributed by atoms with E-state index in [-0.39, 0.29) is 18.7 Å². The van der Waals surface area contributed by atoms with E-state index in [9.17, 15) is 14.0 Å². The number of nitrogens with one attached hydrogen (secondary N) is 1. The minimum Gasteiger partial charge on any atom is -0.492 e. The second kappa shape index (κ2) is 9.99. The molecule has 0 aromatic heterocycles. The van der Waals surface area contributed by atoms with Crippen LogP contribution in [-0.4, -0.2) is 25.1 Å². The fraction of sp³-hybridized carbons (Fsp3) is 0.222. The molecule has 0 heterocycles. The molecule has 0 fully saturated rings. The minimum absolute atomic E-state index is 0.0294. The van der Waals surface area contributed by atoms with E-state index in [4.69, 9.17) is 32.7 Å². The van der Waals surface area contributed by atoms with Crippen molar-refractivity contribution in [1.82, 2.24) is 0 Å². The van der Waals surface area contributed by atoms with Crippen LogP contribution in [0.2, 0.25) is 10.0 Å². The molecule has 26 heavy (non-hydrogen) atoms. The van der Waals surface area contributed by atoms with Crippen LogP contribution in [0.4, 0.5) is 10.1 Å². The summed E-state index contributed by atoms with van der Waals surface area (Å²) in [4.78, 5) is 23.3. The lowest BCUT2D eigenvalue weighted by molar-refractivity contribution is -0.147. The molecule has 8 heteroatoms. The molecular formula is C18H16Cl2FNO4. The third-order valence-corrected chi connectivity index (χ3v) is 3.72. The Bertz CT molecular complexity index is 786. The van der Waals surface area contributed by atoms with Gasteiger partial charge in [-0.25, -0.2) is 4.39 Å². The molecule has 0 unspecified atom stereocenters. The van der Waals surface area contributed by atoms with Crippen LogP contribution in [0.15, 0.2) is 42.5 Å². The van der Waals surface area contributed by atoms with Gasteiger partial charge in [-0.2, -0.15) is 0 Å². The van der Waals surface area contributed by atoms with E-state index in [0.717, 1.165) is 0 Å². The molecule has 1 amide bonds. The van der Waals surface area contributed by atoms with Gasteiger partial charge in [0.1, 0.15) is 11.6 Å². The first kappa shape index (κ1) is 20.0. The maximum atomic E-state index is 13.4. The first-order chi connectivity index (χ1) is 12.5. The zero-order valence-electron chi connectivity index (χ0n) is 13.6. The number of hydrogen-bond donors (Lipinski definition) is 1. The van der Waals surface area contributed by atoms with Crippen molar-refractivity contribution in [1.29, 1.82) is 0 Å². The highest BCUT2D eigenvalue weighted by Gasteiger charge is 2.10. The van der Waals surface area contributed by atoms with E-state index < -0.39 is 24.3 Å². The molecule has 0 spiro atoms. The van der Waals surface area contributed by atoms with Crippen molar-refractivity contribution >= 4 is 40.8 Å². The Labute approximate surface area is 160 Å². The molecule has 0 saturated carbocycles. The van der Waals surface area contributed by atoms with E-state index >= 15 is 0 Å². The number of anilines is 1. The molecule has 1 N–H and O–H groups in total. The van der Waals surface area contributed by atoms with Crippen LogP contribution < -0.4 is 10.1 Å². The van der Waals surface area contributed by atoms with E-state index in [0.29, 0.717) is 22.2 Å². The number of amides is 1. The van der Waals surface area contributed by atoms with Gasteiger partial charge in [-0.15, -0.1) is 0 Å². The minimum atomic E-state index is -0.618.